The van der Waals surface area contributed by atoms with Gasteiger partial charge in [0.2, 0.25) is 15.8 Å². The predicted molar refractivity (Wildman–Crippen MR) is 71.1 cm³/mol. The van der Waals surface area contributed by atoms with E-state index in [1.807, 2.05) is 6.92 Å². The van der Waals surface area contributed by atoms with Gasteiger partial charge in [-0.2, -0.15) is 4.39 Å². The van der Waals surface area contributed by atoms with Crippen molar-refractivity contribution in [3.8, 4) is 0 Å². The zero-order valence-corrected chi connectivity index (χ0v) is 11.7. The molecule has 0 bridgehead atoms. The highest BCUT2D eigenvalue weighted by atomic mass is 32.2. The number of hydrogen-bond donors (Lipinski definition) is 2. The van der Waals surface area contributed by atoms with E-state index in [-0.39, 0.29) is 11.4 Å². The second-order valence-corrected chi connectivity index (χ2v) is 5.93. The fourth-order valence-corrected chi connectivity index (χ4v) is 2.96. The second-order valence-electron chi connectivity index (χ2n) is 4.21. The van der Waals surface area contributed by atoms with E-state index in [4.69, 9.17) is 5.73 Å². The third-order valence-corrected chi connectivity index (χ3v) is 4.19. The van der Waals surface area contributed by atoms with Crippen molar-refractivity contribution in [2.24, 2.45) is 5.73 Å². The summed E-state index contributed by atoms with van der Waals surface area (Å²) >= 11 is 0. The van der Waals surface area contributed by atoms with E-state index in [2.05, 4.69) is 4.72 Å². The van der Waals surface area contributed by atoms with Gasteiger partial charge < -0.3 is 5.73 Å². The Kier molecular flexibility index (Phi) is 5.54. The number of hydrogen-bond acceptors (Lipinski definition) is 5. The standard InChI is InChI=1S/C11H16FN3O4S/c1-2-3-8(7-13)14-20(18,19)9-4-5-10(12)11(6-9)15(16)17/h4-6,8,14H,2-3,7,13H2,1H3. The van der Waals surface area contributed by atoms with Crippen molar-refractivity contribution in [3.05, 3.63) is 34.1 Å². The van der Waals surface area contributed by atoms with Gasteiger partial charge in [0.25, 0.3) is 0 Å². The molecule has 0 spiro atoms. The number of nitro benzene ring substituents is 1. The molecule has 0 radical (unpaired) electrons. The number of nitrogens with two attached hydrogens (primary N) is 1. The van der Waals surface area contributed by atoms with Crippen LogP contribution in [-0.2, 0) is 10.0 Å². The molecule has 1 aromatic rings. The van der Waals surface area contributed by atoms with Crippen molar-refractivity contribution in [2.45, 2.75) is 30.7 Å². The highest BCUT2D eigenvalue weighted by molar-refractivity contribution is 7.89. The van der Waals surface area contributed by atoms with Crippen LogP contribution in [0.2, 0.25) is 0 Å². The van der Waals surface area contributed by atoms with Gasteiger partial charge in [-0.25, -0.2) is 13.1 Å². The summed E-state index contributed by atoms with van der Waals surface area (Å²) in [7, 11) is -3.97. The maximum atomic E-state index is 13.2. The number of benzene rings is 1. The number of nitrogens with zero attached hydrogens (tertiary/aromatic N) is 1. The van der Waals surface area contributed by atoms with Crippen LogP contribution >= 0.6 is 0 Å². The van der Waals surface area contributed by atoms with E-state index in [0.29, 0.717) is 12.5 Å². The van der Waals surface area contributed by atoms with Crippen LogP contribution in [0.5, 0.6) is 0 Å². The van der Waals surface area contributed by atoms with Crippen LogP contribution in [0.25, 0.3) is 0 Å². The van der Waals surface area contributed by atoms with Crippen LogP contribution in [0.1, 0.15) is 19.8 Å². The largest absolute Gasteiger partial charge is 0.329 e. The number of halogens is 1. The minimum absolute atomic E-state index is 0.107. The summed E-state index contributed by atoms with van der Waals surface area (Å²) < 4.78 is 39.6. The molecular formula is C11H16FN3O4S. The first kappa shape index (κ1) is 16.5. The highest BCUT2D eigenvalue weighted by Gasteiger charge is 2.23. The molecule has 0 heterocycles. The molecule has 0 saturated heterocycles. The first-order valence-corrected chi connectivity index (χ1v) is 7.46. The molecule has 0 aromatic heterocycles. The van der Waals surface area contributed by atoms with E-state index in [9.17, 15) is 22.9 Å². The smallest absolute Gasteiger partial charge is 0.306 e. The van der Waals surface area contributed by atoms with Crippen LogP contribution in [0.3, 0.4) is 0 Å². The minimum atomic E-state index is -3.97. The summed E-state index contributed by atoms with van der Waals surface area (Å²) in [6.45, 7) is 1.98. The van der Waals surface area contributed by atoms with Crippen molar-refractivity contribution < 1.29 is 17.7 Å². The van der Waals surface area contributed by atoms with Crippen molar-refractivity contribution in [1.82, 2.24) is 4.72 Å². The van der Waals surface area contributed by atoms with Crippen LogP contribution < -0.4 is 10.5 Å². The summed E-state index contributed by atoms with van der Waals surface area (Å²) in [6.07, 6.45) is 1.27. The number of sulfonamides is 1. The van der Waals surface area contributed by atoms with E-state index in [1.165, 1.54) is 0 Å². The Balaban J connectivity index is 3.09. The Morgan fingerprint density at radius 2 is 2.15 bits per heavy atom. The molecule has 20 heavy (non-hydrogen) atoms. The number of nitro groups is 1. The summed E-state index contributed by atoms with van der Waals surface area (Å²) in [4.78, 5) is 9.28. The molecule has 3 N–H and O–H groups in total. The molecule has 0 amide bonds. The molecular weight excluding hydrogens is 289 g/mol. The van der Waals surface area contributed by atoms with Gasteiger partial charge >= 0.3 is 5.69 Å². The SMILES string of the molecule is CCCC(CN)NS(=O)(=O)c1ccc(F)c([N+](=O)[O-])c1. The van der Waals surface area contributed by atoms with Crippen molar-refractivity contribution >= 4 is 15.7 Å². The van der Waals surface area contributed by atoms with Gasteiger partial charge in [0, 0.05) is 18.7 Å². The van der Waals surface area contributed by atoms with Crippen molar-refractivity contribution in [3.63, 3.8) is 0 Å². The van der Waals surface area contributed by atoms with Crippen molar-refractivity contribution in [1.29, 1.82) is 0 Å². The van der Waals surface area contributed by atoms with Gasteiger partial charge in [0.05, 0.1) is 9.82 Å². The molecule has 1 rings (SSSR count). The van der Waals surface area contributed by atoms with Crippen LogP contribution in [0, 0.1) is 15.9 Å². The first-order chi connectivity index (χ1) is 9.31. The lowest BCUT2D eigenvalue weighted by Crippen LogP contribution is -2.40. The molecule has 1 atom stereocenters. The predicted octanol–water partition coefficient (Wildman–Crippen LogP) is 1.14. The molecule has 0 aliphatic heterocycles. The first-order valence-electron chi connectivity index (χ1n) is 5.98. The fraction of sp³-hybridized carbons (Fsp3) is 0.455. The van der Waals surface area contributed by atoms with Crippen LogP contribution in [0.15, 0.2) is 23.1 Å². The van der Waals surface area contributed by atoms with Gasteiger partial charge in [0.15, 0.2) is 0 Å². The molecule has 0 saturated carbocycles. The van der Waals surface area contributed by atoms with Gasteiger partial charge in [-0.1, -0.05) is 13.3 Å². The minimum Gasteiger partial charge on any atom is -0.329 e. The number of rotatable bonds is 7. The average Bonchev–Trinajstić information content (AvgIpc) is 2.37. The van der Waals surface area contributed by atoms with Gasteiger partial charge in [-0.15, -0.1) is 0 Å². The molecule has 9 heteroatoms. The summed E-state index contributed by atoms with van der Waals surface area (Å²) in [6, 6.07) is 1.96. The van der Waals surface area contributed by atoms with Crippen molar-refractivity contribution in [2.75, 3.05) is 6.54 Å². The second kappa shape index (κ2) is 6.73. The zero-order valence-electron chi connectivity index (χ0n) is 10.9. The van der Waals surface area contributed by atoms with E-state index in [1.54, 1.807) is 0 Å². The van der Waals surface area contributed by atoms with Gasteiger partial charge in [-0.3, -0.25) is 10.1 Å². The monoisotopic (exact) mass is 305 g/mol. The Bertz CT molecular complexity index is 591. The normalized spacial score (nSPS) is 13.2. The fourth-order valence-electron chi connectivity index (χ4n) is 1.66. The Morgan fingerprint density at radius 3 is 2.65 bits per heavy atom. The average molecular weight is 305 g/mol. The molecule has 112 valence electrons. The molecule has 7 nitrogen and oxygen atoms in total. The van der Waals surface area contributed by atoms with Gasteiger partial charge in [0.1, 0.15) is 0 Å². The van der Waals surface area contributed by atoms with Crippen LogP contribution in [0.4, 0.5) is 10.1 Å². The Morgan fingerprint density at radius 1 is 1.50 bits per heavy atom. The summed E-state index contributed by atoms with van der Waals surface area (Å²) in [5, 5.41) is 10.6. The van der Waals surface area contributed by atoms with Gasteiger partial charge in [-0.05, 0) is 18.6 Å². The maximum Gasteiger partial charge on any atom is 0.306 e. The third kappa shape index (κ3) is 3.95. The molecule has 1 aromatic carbocycles. The Hall–Kier alpha value is -1.58. The highest BCUT2D eigenvalue weighted by Crippen LogP contribution is 2.21. The zero-order chi connectivity index (χ0) is 15.3. The van der Waals surface area contributed by atoms with E-state index < -0.39 is 32.5 Å². The number of nitrogens with one attached hydrogen (secondary N) is 1. The Labute approximate surface area is 116 Å². The van der Waals surface area contributed by atoms with E-state index in [0.717, 1.165) is 18.6 Å². The van der Waals surface area contributed by atoms with Crippen LogP contribution in [-0.4, -0.2) is 25.9 Å². The third-order valence-electron chi connectivity index (χ3n) is 2.67. The van der Waals surface area contributed by atoms with E-state index >= 15 is 0 Å². The lowest BCUT2D eigenvalue weighted by Gasteiger charge is -2.16. The topological polar surface area (TPSA) is 115 Å². The molecule has 0 fully saturated rings. The summed E-state index contributed by atoms with van der Waals surface area (Å²) in [5.74, 6) is -1.09. The molecule has 0 aliphatic carbocycles. The summed E-state index contributed by atoms with van der Waals surface area (Å²) in [5.41, 5.74) is 4.57. The maximum absolute atomic E-state index is 13.2. The lowest BCUT2D eigenvalue weighted by atomic mass is 10.2. The quantitative estimate of drug-likeness (QED) is 0.579. The lowest BCUT2D eigenvalue weighted by molar-refractivity contribution is -0.387. The molecule has 0 aliphatic rings. The molecule has 1 unspecified atom stereocenters.